The third kappa shape index (κ3) is 3.82. The molecule has 5 heteroatoms. The highest BCUT2D eigenvalue weighted by atomic mass is 16.2. The van der Waals surface area contributed by atoms with Crippen molar-refractivity contribution in [3.63, 3.8) is 0 Å². The van der Waals surface area contributed by atoms with E-state index in [0.29, 0.717) is 6.54 Å². The summed E-state index contributed by atoms with van der Waals surface area (Å²) in [5.41, 5.74) is 2.66. The minimum Gasteiger partial charge on any atom is -0.338 e. The number of para-hydroxylation sites is 1. The van der Waals surface area contributed by atoms with Crippen molar-refractivity contribution in [2.75, 3.05) is 18.4 Å². The number of nitrogens with one attached hydrogen (secondary N) is 2. The standard InChI is InChI=1S/C20H23N3O2/c1-2-3-13-21-20(25)23-14-18(24)22-17-12-8-7-11-16(17)19(23)15-9-5-4-6-10-15/h4-12,19H,2-3,13-14H2,1H3,(H,21,25)(H,22,24). The highest BCUT2D eigenvalue weighted by Crippen LogP contribution is 2.35. The Balaban J connectivity index is 2.01. The molecule has 2 N–H and O–H groups in total. The Kier molecular flexibility index (Phi) is 5.33. The van der Waals surface area contributed by atoms with Crippen molar-refractivity contribution in [3.8, 4) is 0 Å². The third-order valence-electron chi connectivity index (χ3n) is 4.34. The van der Waals surface area contributed by atoms with Gasteiger partial charge in [0.15, 0.2) is 0 Å². The number of fused-ring (bicyclic) bond motifs is 1. The number of urea groups is 1. The number of hydrogen-bond acceptors (Lipinski definition) is 2. The maximum atomic E-state index is 12.8. The SMILES string of the molecule is CCCCNC(=O)N1CC(=O)Nc2ccccc2C1c1ccccc1. The lowest BCUT2D eigenvalue weighted by Crippen LogP contribution is -2.45. The summed E-state index contributed by atoms with van der Waals surface area (Å²) in [6.45, 7) is 2.71. The number of unbranched alkanes of at least 4 members (excludes halogenated alkanes) is 1. The van der Waals surface area contributed by atoms with Gasteiger partial charge in [0, 0.05) is 17.8 Å². The summed E-state index contributed by atoms with van der Waals surface area (Å²) in [4.78, 5) is 26.8. The van der Waals surface area contributed by atoms with Crippen LogP contribution in [0.2, 0.25) is 0 Å². The van der Waals surface area contributed by atoms with Crippen LogP contribution in [0.4, 0.5) is 10.5 Å². The molecule has 0 aromatic heterocycles. The predicted molar refractivity (Wildman–Crippen MR) is 98.4 cm³/mol. The molecule has 1 atom stereocenters. The average Bonchev–Trinajstić information content (AvgIpc) is 2.78. The second-order valence-electron chi connectivity index (χ2n) is 6.16. The average molecular weight is 337 g/mol. The van der Waals surface area contributed by atoms with Gasteiger partial charge in [-0.3, -0.25) is 4.79 Å². The van der Waals surface area contributed by atoms with Crippen molar-refractivity contribution in [2.24, 2.45) is 0 Å². The van der Waals surface area contributed by atoms with Crippen LogP contribution in [0.25, 0.3) is 0 Å². The van der Waals surface area contributed by atoms with Gasteiger partial charge in [-0.2, -0.15) is 0 Å². The van der Waals surface area contributed by atoms with Crippen LogP contribution in [0.15, 0.2) is 54.6 Å². The van der Waals surface area contributed by atoms with Crippen LogP contribution in [-0.4, -0.2) is 29.9 Å². The first kappa shape index (κ1) is 17.0. The zero-order valence-electron chi connectivity index (χ0n) is 14.4. The van der Waals surface area contributed by atoms with Crippen molar-refractivity contribution in [3.05, 3.63) is 65.7 Å². The fourth-order valence-corrected chi connectivity index (χ4v) is 3.11. The second kappa shape index (κ2) is 7.83. The van der Waals surface area contributed by atoms with Gasteiger partial charge in [0.25, 0.3) is 0 Å². The van der Waals surface area contributed by atoms with E-state index in [-0.39, 0.29) is 24.5 Å². The van der Waals surface area contributed by atoms with Gasteiger partial charge in [-0.1, -0.05) is 61.9 Å². The summed E-state index contributed by atoms with van der Waals surface area (Å²) in [6, 6.07) is 17.0. The van der Waals surface area contributed by atoms with Crippen LogP contribution in [0, 0.1) is 0 Å². The van der Waals surface area contributed by atoms with Gasteiger partial charge >= 0.3 is 6.03 Å². The van der Waals surface area contributed by atoms with E-state index >= 15 is 0 Å². The number of benzene rings is 2. The molecule has 2 aromatic rings. The first-order valence-electron chi connectivity index (χ1n) is 8.69. The maximum absolute atomic E-state index is 12.8. The molecule has 1 aliphatic rings. The van der Waals surface area contributed by atoms with Crippen LogP contribution in [-0.2, 0) is 4.79 Å². The van der Waals surface area contributed by atoms with E-state index in [2.05, 4.69) is 17.6 Å². The van der Waals surface area contributed by atoms with E-state index in [0.717, 1.165) is 29.7 Å². The Morgan fingerprint density at radius 3 is 2.64 bits per heavy atom. The number of carbonyl (C=O) groups is 2. The number of amides is 3. The first-order valence-corrected chi connectivity index (χ1v) is 8.69. The van der Waals surface area contributed by atoms with Gasteiger partial charge in [0.1, 0.15) is 6.54 Å². The van der Waals surface area contributed by atoms with Gasteiger partial charge in [-0.25, -0.2) is 4.79 Å². The Hall–Kier alpha value is -2.82. The summed E-state index contributed by atoms with van der Waals surface area (Å²) in [5.74, 6) is -0.184. The summed E-state index contributed by atoms with van der Waals surface area (Å²) in [6.07, 6.45) is 1.92. The molecule has 0 fully saturated rings. The highest BCUT2D eigenvalue weighted by Gasteiger charge is 2.32. The predicted octanol–water partition coefficient (Wildman–Crippen LogP) is 3.54. The maximum Gasteiger partial charge on any atom is 0.318 e. The smallest absolute Gasteiger partial charge is 0.318 e. The Labute approximate surface area is 148 Å². The van der Waals surface area contributed by atoms with Gasteiger partial charge in [-0.05, 0) is 18.1 Å². The van der Waals surface area contributed by atoms with E-state index in [1.165, 1.54) is 0 Å². The lowest BCUT2D eigenvalue weighted by Gasteiger charge is -2.30. The van der Waals surface area contributed by atoms with Crippen molar-refractivity contribution >= 4 is 17.6 Å². The molecule has 3 amide bonds. The van der Waals surface area contributed by atoms with Crippen LogP contribution in [0.5, 0.6) is 0 Å². The number of carbonyl (C=O) groups excluding carboxylic acids is 2. The molecular weight excluding hydrogens is 314 g/mol. The highest BCUT2D eigenvalue weighted by molar-refractivity contribution is 5.96. The van der Waals surface area contributed by atoms with E-state index < -0.39 is 0 Å². The van der Waals surface area contributed by atoms with Crippen LogP contribution in [0.3, 0.4) is 0 Å². The number of anilines is 1. The monoisotopic (exact) mass is 337 g/mol. The quantitative estimate of drug-likeness (QED) is 0.838. The molecule has 0 saturated heterocycles. The molecule has 0 radical (unpaired) electrons. The number of hydrogen-bond donors (Lipinski definition) is 2. The van der Waals surface area contributed by atoms with Crippen molar-refractivity contribution < 1.29 is 9.59 Å². The summed E-state index contributed by atoms with van der Waals surface area (Å²) in [7, 11) is 0. The molecule has 3 rings (SSSR count). The lowest BCUT2D eigenvalue weighted by atomic mass is 9.96. The lowest BCUT2D eigenvalue weighted by molar-refractivity contribution is -0.116. The molecular formula is C20H23N3O2. The van der Waals surface area contributed by atoms with Gasteiger partial charge in [0.2, 0.25) is 5.91 Å². The molecule has 1 heterocycles. The third-order valence-corrected chi connectivity index (χ3v) is 4.34. The summed E-state index contributed by atoms with van der Waals surface area (Å²) in [5, 5.41) is 5.85. The van der Waals surface area contributed by atoms with Gasteiger partial charge < -0.3 is 15.5 Å². The topological polar surface area (TPSA) is 61.4 Å². The first-order chi connectivity index (χ1) is 12.2. The summed E-state index contributed by atoms with van der Waals surface area (Å²) < 4.78 is 0. The molecule has 1 unspecified atom stereocenters. The molecule has 5 nitrogen and oxygen atoms in total. The van der Waals surface area contributed by atoms with E-state index in [1.807, 2.05) is 54.6 Å². The van der Waals surface area contributed by atoms with Crippen molar-refractivity contribution in [1.82, 2.24) is 10.2 Å². The Morgan fingerprint density at radius 2 is 1.88 bits per heavy atom. The number of rotatable bonds is 4. The zero-order chi connectivity index (χ0) is 17.6. The second-order valence-corrected chi connectivity index (χ2v) is 6.16. The molecule has 2 aromatic carbocycles. The molecule has 25 heavy (non-hydrogen) atoms. The minimum atomic E-state index is -0.307. The number of nitrogens with zero attached hydrogens (tertiary/aromatic N) is 1. The van der Waals surface area contributed by atoms with Crippen LogP contribution in [0.1, 0.15) is 36.9 Å². The van der Waals surface area contributed by atoms with Crippen molar-refractivity contribution in [1.29, 1.82) is 0 Å². The van der Waals surface area contributed by atoms with Crippen LogP contribution < -0.4 is 10.6 Å². The molecule has 0 aliphatic carbocycles. The van der Waals surface area contributed by atoms with Crippen LogP contribution >= 0.6 is 0 Å². The Morgan fingerprint density at radius 1 is 1.16 bits per heavy atom. The summed E-state index contributed by atoms with van der Waals surface area (Å²) >= 11 is 0. The fraction of sp³-hybridized carbons (Fsp3) is 0.300. The molecule has 0 saturated carbocycles. The van der Waals surface area contributed by atoms with E-state index in [1.54, 1.807) is 4.90 Å². The van der Waals surface area contributed by atoms with Crippen molar-refractivity contribution in [2.45, 2.75) is 25.8 Å². The normalized spacial score (nSPS) is 16.6. The molecule has 130 valence electrons. The van der Waals surface area contributed by atoms with E-state index in [9.17, 15) is 9.59 Å². The zero-order valence-corrected chi connectivity index (χ0v) is 14.4. The Bertz CT molecular complexity index is 746. The molecule has 1 aliphatic heterocycles. The minimum absolute atomic E-state index is 0.0200. The van der Waals surface area contributed by atoms with E-state index in [4.69, 9.17) is 0 Å². The van der Waals surface area contributed by atoms with Gasteiger partial charge in [-0.15, -0.1) is 0 Å². The van der Waals surface area contributed by atoms with Gasteiger partial charge in [0.05, 0.1) is 6.04 Å². The fourth-order valence-electron chi connectivity index (χ4n) is 3.11. The molecule has 0 bridgehead atoms. The molecule has 0 spiro atoms. The largest absolute Gasteiger partial charge is 0.338 e.